The van der Waals surface area contributed by atoms with Crippen molar-refractivity contribution in [2.45, 2.75) is 39.9 Å². The van der Waals surface area contributed by atoms with E-state index in [1.165, 1.54) is 25.1 Å². The number of hydrogen-bond donors (Lipinski definition) is 1. The van der Waals surface area contributed by atoms with Gasteiger partial charge in [-0.25, -0.2) is 22.4 Å². The molecule has 7 aromatic rings. The fourth-order valence-corrected chi connectivity index (χ4v) is 7.10. The summed E-state index contributed by atoms with van der Waals surface area (Å²) in [7, 11) is 0. The van der Waals surface area contributed by atoms with Crippen LogP contribution >= 0.6 is 31.9 Å². The number of benzene rings is 6. The smallest absolute Gasteiger partial charge is 0.336 e. The number of carboxylic acids is 1. The van der Waals surface area contributed by atoms with Gasteiger partial charge in [-0.15, -0.1) is 0 Å². The van der Waals surface area contributed by atoms with Crippen LogP contribution in [-0.2, 0) is 18.0 Å². The molecule has 60 heavy (non-hydrogen) atoms. The number of carbonyl (C=O) groups is 3. The number of aromatic carboxylic acids is 1. The van der Waals surface area contributed by atoms with Gasteiger partial charge in [0.1, 0.15) is 53.8 Å². The van der Waals surface area contributed by atoms with Crippen molar-refractivity contribution in [3.05, 3.63) is 181 Å². The molecule has 0 unspecified atom stereocenters. The first kappa shape index (κ1) is 43.5. The van der Waals surface area contributed by atoms with Gasteiger partial charge in [0.05, 0.1) is 16.8 Å². The molecule has 1 heterocycles. The van der Waals surface area contributed by atoms with Crippen LogP contribution in [0.4, 0.5) is 17.6 Å². The molecule has 0 atom stereocenters. The van der Waals surface area contributed by atoms with Gasteiger partial charge >= 0.3 is 5.97 Å². The summed E-state index contributed by atoms with van der Waals surface area (Å²) < 4.78 is 69.0. The highest BCUT2D eigenvalue weighted by Crippen LogP contribution is 2.37. The molecule has 0 saturated carbocycles. The molecule has 0 aliphatic heterocycles. The molecule has 7 nitrogen and oxygen atoms in total. The third-order valence-electron chi connectivity index (χ3n) is 9.37. The van der Waals surface area contributed by atoms with E-state index in [1.807, 2.05) is 60.0 Å². The second kappa shape index (κ2) is 19.3. The Hall–Kier alpha value is -6.05. The van der Waals surface area contributed by atoms with Crippen LogP contribution in [0.25, 0.3) is 27.7 Å². The molecule has 0 radical (unpaired) electrons. The van der Waals surface area contributed by atoms with Crippen LogP contribution in [0.1, 0.15) is 57.3 Å². The highest BCUT2D eigenvalue weighted by atomic mass is 79.9. The number of nitrogens with zero attached hydrogens (tertiary/aromatic N) is 1. The predicted molar refractivity (Wildman–Crippen MR) is 228 cm³/mol. The van der Waals surface area contributed by atoms with Gasteiger partial charge in [-0.1, -0.05) is 56.1 Å². The van der Waals surface area contributed by atoms with Gasteiger partial charge in [0.2, 0.25) is 0 Å². The third kappa shape index (κ3) is 10.6. The fraction of sp³-hybridized carbons (Fsp3) is 0.128. The standard InChI is InChI=1S/C29H20BrF2NO3.C18H15BrF2O3/c1-17-6-10-27(33(17)22-12-18-4-2-3-5-23(18)24(15-22)29(34)35)25-13-20(30)8-11-28(25)36-16-19-7-9-21(31)14-26(19)32;1-11(22)2-6-17(23)15-8-13(19)4-7-18(15)24-10-12-3-5-14(20)9-16(12)21/h2-15H,16H2,1H3,(H,34,35);3-5,7-9H,2,6,10H2,1H3. The van der Waals surface area contributed by atoms with E-state index >= 15 is 0 Å². The van der Waals surface area contributed by atoms with E-state index in [0.717, 1.165) is 45.0 Å². The first-order valence-corrected chi connectivity index (χ1v) is 20.0. The number of halogens is 6. The molecule has 1 aromatic heterocycles. The molecule has 0 aliphatic carbocycles. The van der Waals surface area contributed by atoms with Crippen molar-refractivity contribution in [1.29, 1.82) is 0 Å². The highest BCUT2D eigenvalue weighted by Gasteiger charge is 2.19. The number of carbonyl (C=O) groups excluding carboxylic acids is 2. The van der Waals surface area contributed by atoms with Gasteiger partial charge in [-0.2, -0.15) is 0 Å². The van der Waals surface area contributed by atoms with Gasteiger partial charge in [-0.3, -0.25) is 4.79 Å². The largest absolute Gasteiger partial charge is 0.488 e. The Balaban J connectivity index is 0.000000219. The van der Waals surface area contributed by atoms with Crippen molar-refractivity contribution in [2.75, 3.05) is 0 Å². The minimum atomic E-state index is -1.01. The van der Waals surface area contributed by atoms with E-state index in [0.29, 0.717) is 26.9 Å². The number of carboxylic acid groups (broad SMARTS) is 1. The Morgan fingerprint density at radius 1 is 0.650 bits per heavy atom. The second-order valence-electron chi connectivity index (χ2n) is 13.7. The van der Waals surface area contributed by atoms with E-state index in [4.69, 9.17) is 9.47 Å². The van der Waals surface area contributed by atoms with Gasteiger partial charge < -0.3 is 23.9 Å². The average Bonchev–Trinajstić information content (AvgIpc) is 3.60. The van der Waals surface area contributed by atoms with Crippen molar-refractivity contribution in [3.8, 4) is 28.4 Å². The molecule has 0 aliphatic rings. The summed E-state index contributed by atoms with van der Waals surface area (Å²) in [4.78, 5) is 35.4. The Morgan fingerprint density at radius 2 is 1.25 bits per heavy atom. The monoisotopic (exact) mass is 943 g/mol. The molecular formula is C47H35Br2F4NO6. The number of ketones is 2. The zero-order chi connectivity index (χ0) is 43.1. The summed E-state index contributed by atoms with van der Waals surface area (Å²) in [6, 6.07) is 31.8. The molecule has 0 spiro atoms. The Bertz CT molecular complexity index is 2750. The lowest BCUT2D eigenvalue weighted by atomic mass is 10.0. The van der Waals surface area contributed by atoms with Crippen molar-refractivity contribution in [3.63, 3.8) is 0 Å². The number of hydrogen-bond acceptors (Lipinski definition) is 5. The maximum Gasteiger partial charge on any atom is 0.336 e. The van der Waals surface area contributed by atoms with E-state index in [1.54, 1.807) is 36.4 Å². The summed E-state index contributed by atoms with van der Waals surface area (Å²) in [6.07, 6.45) is 0.227. The second-order valence-corrected chi connectivity index (χ2v) is 15.5. The Labute approximate surface area is 359 Å². The maximum absolute atomic E-state index is 14.2. The summed E-state index contributed by atoms with van der Waals surface area (Å²) in [6.45, 7) is 3.13. The summed E-state index contributed by atoms with van der Waals surface area (Å²) >= 11 is 6.80. The molecule has 6 aromatic carbocycles. The van der Waals surface area contributed by atoms with Crippen LogP contribution in [0.5, 0.6) is 11.5 Å². The molecule has 0 saturated heterocycles. The summed E-state index contributed by atoms with van der Waals surface area (Å²) in [5.41, 5.74) is 4.03. The van der Waals surface area contributed by atoms with E-state index in [-0.39, 0.29) is 60.1 Å². The van der Waals surface area contributed by atoms with Crippen molar-refractivity contribution < 1.29 is 46.5 Å². The molecular weight excluding hydrogens is 910 g/mol. The number of rotatable bonds is 13. The Morgan fingerprint density at radius 3 is 1.87 bits per heavy atom. The van der Waals surface area contributed by atoms with Crippen LogP contribution < -0.4 is 9.47 Å². The first-order chi connectivity index (χ1) is 28.7. The molecule has 0 amide bonds. The predicted octanol–water partition coefficient (Wildman–Crippen LogP) is 12.8. The molecule has 1 N–H and O–H groups in total. The van der Waals surface area contributed by atoms with Crippen LogP contribution in [-0.4, -0.2) is 27.2 Å². The van der Waals surface area contributed by atoms with Crippen molar-refractivity contribution >= 4 is 60.2 Å². The molecule has 0 fully saturated rings. The minimum absolute atomic E-state index is 0.0748. The lowest BCUT2D eigenvalue weighted by Crippen LogP contribution is -2.07. The van der Waals surface area contributed by atoms with Crippen molar-refractivity contribution in [1.82, 2.24) is 4.57 Å². The van der Waals surface area contributed by atoms with Crippen molar-refractivity contribution in [2.24, 2.45) is 0 Å². The van der Waals surface area contributed by atoms with E-state index in [2.05, 4.69) is 31.9 Å². The normalized spacial score (nSPS) is 10.9. The molecule has 7 rings (SSSR count). The summed E-state index contributed by atoms with van der Waals surface area (Å²) in [5.74, 6) is -3.23. The third-order valence-corrected chi connectivity index (χ3v) is 10.4. The lowest BCUT2D eigenvalue weighted by Gasteiger charge is -2.17. The highest BCUT2D eigenvalue weighted by molar-refractivity contribution is 9.10. The van der Waals surface area contributed by atoms with Gasteiger partial charge in [0.15, 0.2) is 5.78 Å². The van der Waals surface area contributed by atoms with Crippen LogP contribution in [0, 0.1) is 30.2 Å². The SMILES string of the molecule is CC(=O)CCC(=O)c1cc(Br)ccc1OCc1ccc(F)cc1F.Cc1ccc(-c2cc(Br)ccc2OCc2ccc(F)cc2F)n1-c1cc(C(=O)O)c2ccccc2c1. The zero-order valence-corrected chi connectivity index (χ0v) is 35.3. The number of Topliss-reactive ketones (excluding diaryl/α,β-unsaturated/α-hetero) is 2. The van der Waals surface area contributed by atoms with Gasteiger partial charge in [-0.05, 0) is 110 Å². The minimum Gasteiger partial charge on any atom is -0.488 e. The summed E-state index contributed by atoms with van der Waals surface area (Å²) in [5, 5.41) is 11.3. The molecule has 13 heteroatoms. The van der Waals surface area contributed by atoms with E-state index in [9.17, 15) is 37.1 Å². The number of aromatic nitrogens is 1. The van der Waals surface area contributed by atoms with Crippen LogP contribution in [0.3, 0.4) is 0 Å². The van der Waals surface area contributed by atoms with Gasteiger partial charge in [0, 0.05) is 62.0 Å². The number of aryl methyl sites for hydroxylation is 1. The quantitative estimate of drug-likeness (QED) is 0.0914. The molecule has 306 valence electrons. The van der Waals surface area contributed by atoms with Crippen LogP contribution in [0.15, 0.2) is 130 Å². The Kier molecular flexibility index (Phi) is 14.0. The van der Waals surface area contributed by atoms with Crippen LogP contribution in [0.2, 0.25) is 0 Å². The lowest BCUT2D eigenvalue weighted by molar-refractivity contribution is -0.117. The average molecular weight is 946 g/mol. The number of ether oxygens (including phenoxy) is 2. The van der Waals surface area contributed by atoms with E-state index < -0.39 is 29.2 Å². The zero-order valence-electron chi connectivity index (χ0n) is 32.1. The van der Waals surface area contributed by atoms with Gasteiger partial charge in [0.25, 0.3) is 0 Å². The number of fused-ring (bicyclic) bond motifs is 1. The topological polar surface area (TPSA) is 94.8 Å². The fourth-order valence-electron chi connectivity index (χ4n) is 6.38. The molecule has 0 bridgehead atoms. The maximum atomic E-state index is 14.2. The first-order valence-electron chi connectivity index (χ1n) is 18.4.